The van der Waals surface area contributed by atoms with Crippen molar-refractivity contribution >= 4 is 33.0 Å². The fourth-order valence-electron chi connectivity index (χ4n) is 1.60. The molecule has 19 heavy (non-hydrogen) atoms. The average molecular weight is 297 g/mol. The molecule has 0 radical (unpaired) electrons. The lowest BCUT2D eigenvalue weighted by atomic mass is 10.2. The van der Waals surface area contributed by atoms with Gasteiger partial charge >= 0.3 is 0 Å². The van der Waals surface area contributed by atoms with Crippen LogP contribution in [-0.2, 0) is 10.0 Å². The van der Waals surface area contributed by atoms with Crippen LogP contribution in [0.4, 0.5) is 11.4 Å². The van der Waals surface area contributed by atoms with E-state index in [-0.39, 0.29) is 4.90 Å². The summed E-state index contributed by atoms with van der Waals surface area (Å²) in [6.07, 6.45) is 0. The van der Waals surface area contributed by atoms with Gasteiger partial charge in [0.15, 0.2) is 0 Å². The summed E-state index contributed by atoms with van der Waals surface area (Å²) in [5.41, 5.74) is 7.23. The van der Waals surface area contributed by atoms with Crippen LogP contribution >= 0.6 is 11.6 Å². The Labute approximate surface area is 117 Å². The Kier molecular flexibility index (Phi) is 3.68. The number of anilines is 2. The predicted molar refractivity (Wildman–Crippen MR) is 77.9 cm³/mol. The van der Waals surface area contributed by atoms with Crippen LogP contribution in [0, 0.1) is 6.92 Å². The Hall–Kier alpha value is -1.72. The number of benzene rings is 2. The number of halogens is 1. The van der Waals surface area contributed by atoms with Crippen LogP contribution in [0.3, 0.4) is 0 Å². The zero-order chi connectivity index (χ0) is 14.0. The minimum absolute atomic E-state index is 0.102. The molecule has 0 amide bonds. The molecule has 0 atom stereocenters. The number of rotatable bonds is 3. The van der Waals surface area contributed by atoms with Crippen molar-refractivity contribution in [2.75, 3.05) is 10.5 Å². The maximum absolute atomic E-state index is 12.2. The van der Waals surface area contributed by atoms with Crippen LogP contribution in [0.5, 0.6) is 0 Å². The molecule has 2 rings (SSSR count). The largest absolute Gasteiger partial charge is 0.399 e. The van der Waals surface area contributed by atoms with Crippen molar-refractivity contribution in [2.24, 2.45) is 0 Å². The Balaban J connectivity index is 2.39. The average Bonchev–Trinajstić information content (AvgIpc) is 2.33. The fraction of sp³-hybridized carbons (Fsp3) is 0.0769. The standard InChI is InChI=1S/C13H13ClN2O2S/c1-9-5-6-12(14)13(7-9)16-19(17,18)11-4-2-3-10(15)8-11/h2-8,16H,15H2,1H3. The highest BCUT2D eigenvalue weighted by Crippen LogP contribution is 2.26. The van der Waals surface area contributed by atoms with Crippen LogP contribution in [0.15, 0.2) is 47.4 Å². The van der Waals surface area contributed by atoms with Crippen LogP contribution < -0.4 is 10.5 Å². The van der Waals surface area contributed by atoms with Gasteiger partial charge in [0.2, 0.25) is 0 Å². The molecule has 100 valence electrons. The summed E-state index contributed by atoms with van der Waals surface area (Å²) >= 11 is 5.97. The van der Waals surface area contributed by atoms with E-state index in [9.17, 15) is 8.42 Å². The SMILES string of the molecule is Cc1ccc(Cl)c(NS(=O)(=O)c2cccc(N)c2)c1. The van der Waals surface area contributed by atoms with Crippen molar-refractivity contribution in [1.82, 2.24) is 0 Å². The van der Waals surface area contributed by atoms with Crippen molar-refractivity contribution in [3.8, 4) is 0 Å². The summed E-state index contributed by atoms with van der Waals surface area (Å²) < 4.78 is 26.8. The van der Waals surface area contributed by atoms with E-state index in [1.807, 2.05) is 6.92 Å². The third-order valence-corrected chi connectivity index (χ3v) is 4.23. The van der Waals surface area contributed by atoms with Gasteiger partial charge in [-0.25, -0.2) is 8.42 Å². The molecule has 4 nitrogen and oxygen atoms in total. The number of nitrogen functional groups attached to an aromatic ring is 1. The van der Waals surface area contributed by atoms with Crippen LogP contribution in [0.2, 0.25) is 5.02 Å². The summed E-state index contributed by atoms with van der Waals surface area (Å²) in [5, 5.41) is 0.345. The van der Waals surface area contributed by atoms with Gasteiger partial charge < -0.3 is 5.73 Å². The number of hydrogen-bond donors (Lipinski definition) is 2. The molecule has 0 aliphatic rings. The van der Waals surface area contributed by atoms with Crippen LogP contribution in [-0.4, -0.2) is 8.42 Å². The van der Waals surface area contributed by atoms with Gasteiger partial charge in [-0.2, -0.15) is 0 Å². The predicted octanol–water partition coefficient (Wildman–Crippen LogP) is 3.03. The van der Waals surface area contributed by atoms with Crippen molar-refractivity contribution in [3.05, 3.63) is 53.1 Å². The summed E-state index contributed by atoms with van der Waals surface area (Å²) in [7, 11) is -3.69. The number of hydrogen-bond acceptors (Lipinski definition) is 3. The molecule has 0 saturated heterocycles. The zero-order valence-electron chi connectivity index (χ0n) is 10.2. The third-order valence-electron chi connectivity index (χ3n) is 2.53. The second kappa shape index (κ2) is 5.11. The van der Waals surface area contributed by atoms with Gasteiger partial charge in [-0.3, -0.25) is 4.72 Å². The van der Waals surface area contributed by atoms with Gasteiger partial charge in [-0.05, 0) is 42.8 Å². The molecule has 0 spiro atoms. The van der Waals surface area contributed by atoms with E-state index in [4.69, 9.17) is 17.3 Å². The van der Waals surface area contributed by atoms with Crippen LogP contribution in [0.25, 0.3) is 0 Å². The lowest BCUT2D eigenvalue weighted by Crippen LogP contribution is -2.13. The highest BCUT2D eigenvalue weighted by atomic mass is 35.5. The quantitative estimate of drug-likeness (QED) is 0.855. The Bertz CT molecular complexity index is 714. The van der Waals surface area contributed by atoms with Crippen molar-refractivity contribution < 1.29 is 8.42 Å². The fourth-order valence-corrected chi connectivity index (χ4v) is 2.95. The molecular formula is C13H13ClN2O2S. The number of nitrogens with two attached hydrogens (primary N) is 1. The summed E-state index contributed by atoms with van der Waals surface area (Å²) in [4.78, 5) is 0.102. The first-order chi connectivity index (χ1) is 8.88. The highest BCUT2D eigenvalue weighted by molar-refractivity contribution is 7.92. The molecule has 2 aromatic carbocycles. The van der Waals surface area contributed by atoms with E-state index in [0.717, 1.165) is 5.56 Å². The molecule has 0 unspecified atom stereocenters. The molecule has 0 bridgehead atoms. The smallest absolute Gasteiger partial charge is 0.262 e. The van der Waals surface area contributed by atoms with E-state index >= 15 is 0 Å². The van der Waals surface area contributed by atoms with Gasteiger partial charge in [0.1, 0.15) is 0 Å². The monoisotopic (exact) mass is 296 g/mol. The molecule has 0 aromatic heterocycles. The molecule has 0 fully saturated rings. The van der Waals surface area contributed by atoms with Crippen molar-refractivity contribution in [1.29, 1.82) is 0 Å². The first-order valence-corrected chi connectivity index (χ1v) is 7.39. The third kappa shape index (κ3) is 3.19. The topological polar surface area (TPSA) is 72.2 Å². The van der Waals surface area contributed by atoms with Crippen molar-refractivity contribution in [2.45, 2.75) is 11.8 Å². The maximum Gasteiger partial charge on any atom is 0.262 e. The number of nitrogens with one attached hydrogen (secondary N) is 1. The lowest BCUT2D eigenvalue weighted by molar-refractivity contribution is 0.601. The Morgan fingerprint density at radius 3 is 2.58 bits per heavy atom. The summed E-state index contributed by atoms with van der Waals surface area (Å²) in [5.74, 6) is 0. The number of aryl methyl sites for hydroxylation is 1. The van der Waals surface area contributed by atoms with E-state index < -0.39 is 10.0 Å². The van der Waals surface area contributed by atoms with E-state index in [0.29, 0.717) is 16.4 Å². The molecular weight excluding hydrogens is 284 g/mol. The maximum atomic E-state index is 12.2. The second-order valence-corrected chi connectivity index (χ2v) is 6.25. The van der Waals surface area contributed by atoms with Crippen LogP contribution in [0.1, 0.15) is 5.56 Å². The molecule has 3 N–H and O–H groups in total. The molecule has 0 saturated carbocycles. The molecule has 0 aliphatic carbocycles. The Morgan fingerprint density at radius 1 is 1.16 bits per heavy atom. The van der Waals surface area contributed by atoms with Gasteiger partial charge in [0.05, 0.1) is 15.6 Å². The zero-order valence-corrected chi connectivity index (χ0v) is 11.8. The van der Waals surface area contributed by atoms with E-state index in [1.165, 1.54) is 12.1 Å². The van der Waals surface area contributed by atoms with Gasteiger partial charge in [0.25, 0.3) is 10.0 Å². The van der Waals surface area contributed by atoms with E-state index in [2.05, 4.69) is 4.72 Å². The molecule has 6 heteroatoms. The minimum Gasteiger partial charge on any atom is -0.399 e. The first-order valence-electron chi connectivity index (χ1n) is 5.53. The Morgan fingerprint density at radius 2 is 1.89 bits per heavy atom. The molecule has 0 aliphatic heterocycles. The summed E-state index contributed by atoms with van der Waals surface area (Å²) in [6, 6.07) is 11.2. The van der Waals surface area contributed by atoms with E-state index in [1.54, 1.807) is 30.3 Å². The minimum atomic E-state index is -3.69. The highest BCUT2D eigenvalue weighted by Gasteiger charge is 2.15. The molecule has 0 heterocycles. The second-order valence-electron chi connectivity index (χ2n) is 4.16. The molecule has 2 aromatic rings. The summed E-state index contributed by atoms with van der Waals surface area (Å²) in [6.45, 7) is 1.86. The lowest BCUT2D eigenvalue weighted by Gasteiger charge is -2.10. The van der Waals surface area contributed by atoms with Gasteiger partial charge in [-0.15, -0.1) is 0 Å². The number of sulfonamides is 1. The normalized spacial score (nSPS) is 11.3. The van der Waals surface area contributed by atoms with Gasteiger partial charge in [-0.1, -0.05) is 23.7 Å². The van der Waals surface area contributed by atoms with Crippen molar-refractivity contribution in [3.63, 3.8) is 0 Å². The first kappa shape index (κ1) is 13.7. The van der Waals surface area contributed by atoms with Gasteiger partial charge in [0, 0.05) is 5.69 Å².